The molecule has 0 aliphatic carbocycles. The van der Waals surface area contributed by atoms with E-state index < -0.39 is 0 Å². The van der Waals surface area contributed by atoms with Gasteiger partial charge in [0, 0.05) is 24.7 Å². The van der Waals surface area contributed by atoms with Gasteiger partial charge in [0.05, 0.1) is 6.54 Å². The summed E-state index contributed by atoms with van der Waals surface area (Å²) in [4.78, 5) is 18.8. The molecule has 0 unspecified atom stereocenters. The maximum absolute atomic E-state index is 13.3. The molecule has 174 valence electrons. The number of carbonyl (C=O) groups excluding carboxylic acids is 1. The molecule has 8 heteroatoms. The Bertz CT molecular complexity index is 1240. The minimum atomic E-state index is -0.390. The Labute approximate surface area is 201 Å². The normalized spacial score (nSPS) is 11.1. The lowest BCUT2D eigenvalue weighted by Gasteiger charge is -2.21. The van der Waals surface area contributed by atoms with E-state index in [1.807, 2.05) is 18.2 Å². The van der Waals surface area contributed by atoms with Crippen LogP contribution in [0.25, 0.3) is 0 Å². The van der Waals surface area contributed by atoms with E-state index >= 15 is 0 Å². The van der Waals surface area contributed by atoms with Gasteiger partial charge in [-0.05, 0) is 53.1 Å². The first-order valence-corrected chi connectivity index (χ1v) is 11.0. The van der Waals surface area contributed by atoms with Crippen LogP contribution in [0.4, 0.5) is 8.78 Å². The van der Waals surface area contributed by atoms with Crippen molar-refractivity contribution in [3.05, 3.63) is 124 Å². The Hall–Kier alpha value is -3.55. The van der Waals surface area contributed by atoms with Gasteiger partial charge in [-0.25, -0.2) is 13.8 Å². The fourth-order valence-electron chi connectivity index (χ4n) is 3.46. The van der Waals surface area contributed by atoms with E-state index in [1.165, 1.54) is 30.5 Å². The van der Waals surface area contributed by atoms with Crippen molar-refractivity contribution in [3.8, 4) is 0 Å². The number of rotatable bonds is 9. The molecule has 0 radical (unpaired) electrons. The summed E-state index contributed by atoms with van der Waals surface area (Å²) in [5.41, 5.74) is 2.85. The van der Waals surface area contributed by atoms with E-state index in [4.69, 9.17) is 16.0 Å². The van der Waals surface area contributed by atoms with Crippen molar-refractivity contribution in [2.75, 3.05) is 0 Å². The second kappa shape index (κ2) is 11.0. The lowest BCUT2D eigenvalue weighted by molar-refractivity contribution is 0.0945. The molecule has 0 saturated heterocycles. The summed E-state index contributed by atoms with van der Waals surface area (Å²) < 4.78 is 31.9. The first kappa shape index (κ1) is 23.6. The minimum absolute atomic E-state index is 0.154. The predicted octanol–water partition coefficient (Wildman–Crippen LogP) is 5.74. The van der Waals surface area contributed by atoms with Crippen LogP contribution in [0, 0.1) is 11.6 Å². The predicted molar refractivity (Wildman–Crippen MR) is 125 cm³/mol. The summed E-state index contributed by atoms with van der Waals surface area (Å²) in [5, 5.41) is 3.38. The van der Waals surface area contributed by atoms with E-state index in [0.717, 1.165) is 16.7 Å². The van der Waals surface area contributed by atoms with Gasteiger partial charge < -0.3 is 9.73 Å². The maximum atomic E-state index is 13.3. The zero-order valence-corrected chi connectivity index (χ0v) is 18.9. The van der Waals surface area contributed by atoms with Crippen LogP contribution < -0.4 is 5.32 Å². The fourth-order valence-corrected chi connectivity index (χ4v) is 3.68. The Morgan fingerprint density at radius 1 is 0.882 bits per heavy atom. The molecule has 0 bridgehead atoms. The lowest BCUT2D eigenvalue weighted by atomic mass is 10.1. The molecule has 0 atom stereocenters. The third-order valence-corrected chi connectivity index (χ3v) is 5.36. The van der Waals surface area contributed by atoms with Crippen LogP contribution in [0.1, 0.15) is 33.1 Å². The Morgan fingerprint density at radius 2 is 1.53 bits per heavy atom. The van der Waals surface area contributed by atoms with Gasteiger partial charge in [0.2, 0.25) is 5.89 Å². The highest BCUT2D eigenvalue weighted by Crippen LogP contribution is 2.17. The van der Waals surface area contributed by atoms with Crippen LogP contribution in [-0.4, -0.2) is 15.8 Å². The molecule has 5 nitrogen and oxygen atoms in total. The summed E-state index contributed by atoms with van der Waals surface area (Å²) in [5.74, 6) is -0.649. The smallest absolute Gasteiger partial charge is 0.273 e. The SMILES string of the molecule is O=C(NCc1ccc(F)cc1)c1coc(CN(Cc2ccc(F)cc2)Cc2cccc(Cl)c2)n1. The van der Waals surface area contributed by atoms with Crippen LogP contribution in [0.3, 0.4) is 0 Å². The molecule has 0 saturated carbocycles. The van der Waals surface area contributed by atoms with Crippen molar-refractivity contribution in [1.29, 1.82) is 0 Å². The first-order valence-electron chi connectivity index (χ1n) is 10.6. The van der Waals surface area contributed by atoms with Gasteiger partial charge in [0.15, 0.2) is 5.69 Å². The van der Waals surface area contributed by atoms with Crippen LogP contribution in [-0.2, 0) is 26.2 Å². The van der Waals surface area contributed by atoms with E-state index in [-0.39, 0.29) is 29.8 Å². The lowest BCUT2D eigenvalue weighted by Crippen LogP contribution is -2.24. The van der Waals surface area contributed by atoms with Gasteiger partial charge in [-0.1, -0.05) is 48.0 Å². The topological polar surface area (TPSA) is 58.4 Å². The number of amides is 1. The zero-order chi connectivity index (χ0) is 23.9. The summed E-state index contributed by atoms with van der Waals surface area (Å²) in [7, 11) is 0. The van der Waals surface area contributed by atoms with Crippen molar-refractivity contribution in [1.82, 2.24) is 15.2 Å². The van der Waals surface area contributed by atoms with Gasteiger partial charge in [-0.3, -0.25) is 9.69 Å². The summed E-state index contributed by atoms with van der Waals surface area (Å²) >= 11 is 6.13. The van der Waals surface area contributed by atoms with Crippen LogP contribution in [0.2, 0.25) is 5.02 Å². The fraction of sp³-hybridized carbons (Fsp3) is 0.154. The molecule has 0 aliphatic heterocycles. The molecule has 4 rings (SSSR count). The molecule has 0 aliphatic rings. The van der Waals surface area contributed by atoms with Crippen LogP contribution in [0.15, 0.2) is 83.5 Å². The number of halogens is 3. The van der Waals surface area contributed by atoms with E-state index in [0.29, 0.717) is 30.5 Å². The largest absolute Gasteiger partial charge is 0.447 e. The molecule has 0 fully saturated rings. The minimum Gasteiger partial charge on any atom is -0.447 e. The molecule has 1 heterocycles. The van der Waals surface area contributed by atoms with Gasteiger partial charge in [0.1, 0.15) is 17.9 Å². The van der Waals surface area contributed by atoms with Crippen molar-refractivity contribution in [3.63, 3.8) is 0 Å². The number of benzene rings is 3. The molecule has 1 N–H and O–H groups in total. The number of aromatic nitrogens is 1. The van der Waals surface area contributed by atoms with Gasteiger partial charge in [-0.15, -0.1) is 0 Å². The molecule has 0 spiro atoms. The summed E-state index contributed by atoms with van der Waals surface area (Å²) in [6, 6.07) is 19.7. The van der Waals surface area contributed by atoms with Crippen molar-refractivity contribution < 1.29 is 18.0 Å². The maximum Gasteiger partial charge on any atom is 0.273 e. The molecule has 1 aromatic heterocycles. The molecule has 34 heavy (non-hydrogen) atoms. The standard InChI is InChI=1S/C26H22ClF2N3O2/c27-21-3-1-2-20(12-21)15-32(14-19-6-10-23(29)11-7-19)16-25-31-24(17-34-25)26(33)30-13-18-4-8-22(28)9-5-18/h1-12,17H,13-16H2,(H,30,33). The average Bonchev–Trinajstić information content (AvgIpc) is 3.28. The first-order chi connectivity index (χ1) is 16.4. The highest BCUT2D eigenvalue weighted by Gasteiger charge is 2.16. The third kappa shape index (κ3) is 6.73. The van der Waals surface area contributed by atoms with E-state index in [2.05, 4.69) is 15.2 Å². The van der Waals surface area contributed by atoms with Crippen molar-refractivity contribution >= 4 is 17.5 Å². The van der Waals surface area contributed by atoms with Crippen LogP contribution in [0.5, 0.6) is 0 Å². The average molecular weight is 482 g/mol. The number of oxazole rings is 1. The number of hydrogen-bond acceptors (Lipinski definition) is 4. The van der Waals surface area contributed by atoms with E-state index in [9.17, 15) is 13.6 Å². The van der Waals surface area contributed by atoms with Crippen molar-refractivity contribution in [2.24, 2.45) is 0 Å². The summed E-state index contributed by atoms with van der Waals surface area (Å²) in [6.45, 7) is 1.63. The van der Waals surface area contributed by atoms with E-state index in [1.54, 1.807) is 30.3 Å². The monoisotopic (exact) mass is 481 g/mol. The quantitative estimate of drug-likeness (QED) is 0.331. The zero-order valence-electron chi connectivity index (χ0n) is 18.2. The van der Waals surface area contributed by atoms with Crippen molar-refractivity contribution in [2.45, 2.75) is 26.2 Å². The highest BCUT2D eigenvalue weighted by atomic mass is 35.5. The second-order valence-electron chi connectivity index (χ2n) is 7.84. The number of nitrogens with zero attached hydrogens (tertiary/aromatic N) is 2. The Kier molecular flexibility index (Phi) is 7.67. The van der Waals surface area contributed by atoms with Gasteiger partial charge in [-0.2, -0.15) is 0 Å². The highest BCUT2D eigenvalue weighted by molar-refractivity contribution is 6.30. The third-order valence-electron chi connectivity index (χ3n) is 5.12. The number of carbonyl (C=O) groups is 1. The molecular formula is C26H22ClF2N3O2. The number of hydrogen-bond donors (Lipinski definition) is 1. The Balaban J connectivity index is 1.43. The van der Waals surface area contributed by atoms with Crippen LogP contribution >= 0.6 is 11.6 Å². The molecular weight excluding hydrogens is 460 g/mol. The Morgan fingerprint density at radius 3 is 2.21 bits per heavy atom. The molecule has 4 aromatic rings. The van der Waals surface area contributed by atoms with Gasteiger partial charge in [0.25, 0.3) is 5.91 Å². The van der Waals surface area contributed by atoms with Gasteiger partial charge >= 0.3 is 0 Å². The molecule has 3 aromatic carbocycles. The summed E-state index contributed by atoms with van der Waals surface area (Å²) in [6.07, 6.45) is 1.31. The second-order valence-corrected chi connectivity index (χ2v) is 8.27. The molecule has 1 amide bonds. The number of nitrogens with one attached hydrogen (secondary N) is 1.